The number of sulfonamides is 1. The van der Waals surface area contributed by atoms with E-state index >= 15 is 0 Å². The van der Waals surface area contributed by atoms with Gasteiger partial charge in [-0.2, -0.15) is 0 Å². The van der Waals surface area contributed by atoms with E-state index in [1.54, 1.807) is 30.2 Å². The van der Waals surface area contributed by atoms with Crippen LogP contribution in [0.3, 0.4) is 0 Å². The quantitative estimate of drug-likeness (QED) is 0.533. The number of imidazole rings is 1. The first-order chi connectivity index (χ1) is 12.9. The number of rotatable bonds is 8. The van der Waals surface area contributed by atoms with Gasteiger partial charge in [0.2, 0.25) is 10.0 Å². The van der Waals surface area contributed by atoms with Crippen molar-refractivity contribution in [2.45, 2.75) is 49.2 Å². The monoisotopic (exact) mass is 408 g/mol. The van der Waals surface area contributed by atoms with Gasteiger partial charge in [-0.1, -0.05) is 18.7 Å². The van der Waals surface area contributed by atoms with Gasteiger partial charge >= 0.3 is 0 Å². The van der Waals surface area contributed by atoms with E-state index in [-0.39, 0.29) is 4.90 Å². The Bertz CT molecular complexity index is 1040. The summed E-state index contributed by atoms with van der Waals surface area (Å²) in [5, 5.41) is 8.96. The molecule has 0 radical (unpaired) electrons. The van der Waals surface area contributed by atoms with E-state index in [0.29, 0.717) is 11.3 Å². The lowest BCUT2D eigenvalue weighted by atomic mass is 10.3. The van der Waals surface area contributed by atoms with Crippen molar-refractivity contribution in [3.8, 4) is 0 Å². The van der Waals surface area contributed by atoms with Crippen LogP contribution in [0.4, 0.5) is 0 Å². The Labute approximate surface area is 163 Å². The number of aryl methyl sites for hydroxylation is 2. The number of nitrogens with zero attached hydrogens (tertiary/aromatic N) is 6. The molecule has 0 N–H and O–H groups in total. The molecule has 0 atom stereocenters. The summed E-state index contributed by atoms with van der Waals surface area (Å²) < 4.78 is 30.2. The van der Waals surface area contributed by atoms with Gasteiger partial charge in [0.05, 0.1) is 21.7 Å². The van der Waals surface area contributed by atoms with E-state index in [1.807, 2.05) is 17.6 Å². The van der Waals surface area contributed by atoms with Gasteiger partial charge in [0.25, 0.3) is 0 Å². The van der Waals surface area contributed by atoms with E-state index in [9.17, 15) is 8.42 Å². The molecule has 2 heterocycles. The molecule has 8 nitrogen and oxygen atoms in total. The molecule has 0 bridgehead atoms. The Morgan fingerprint density at radius 1 is 1.22 bits per heavy atom. The third-order valence-corrected chi connectivity index (χ3v) is 7.06. The van der Waals surface area contributed by atoms with Crippen molar-refractivity contribution in [1.29, 1.82) is 0 Å². The fraction of sp³-hybridized carbons (Fsp3) is 0.471. The minimum absolute atomic E-state index is 0.256. The summed E-state index contributed by atoms with van der Waals surface area (Å²) in [7, 11) is -0.426. The molecule has 2 aromatic heterocycles. The van der Waals surface area contributed by atoms with Gasteiger partial charge < -0.3 is 9.13 Å². The number of benzene rings is 1. The molecule has 27 heavy (non-hydrogen) atoms. The molecule has 0 unspecified atom stereocenters. The largest absolute Gasteiger partial charge is 0.327 e. The second-order valence-corrected chi connectivity index (χ2v) is 9.40. The van der Waals surface area contributed by atoms with Crippen LogP contribution >= 0.6 is 11.8 Å². The number of thioether (sulfide) groups is 1. The SMILES string of the molecule is CCCn1c(CSc2nncn2CC)nc2cc(S(=O)(=O)N(C)C)ccc21. The third kappa shape index (κ3) is 3.87. The first kappa shape index (κ1) is 19.8. The number of fused-ring (bicyclic) bond motifs is 1. The van der Waals surface area contributed by atoms with Crippen molar-refractivity contribution in [2.75, 3.05) is 14.1 Å². The Hall–Kier alpha value is -1.91. The van der Waals surface area contributed by atoms with Crippen LogP contribution in [0.1, 0.15) is 26.1 Å². The van der Waals surface area contributed by atoms with Crippen molar-refractivity contribution in [3.05, 3.63) is 30.4 Å². The molecule has 0 amide bonds. The van der Waals surface area contributed by atoms with Gasteiger partial charge in [-0.25, -0.2) is 17.7 Å². The smallest absolute Gasteiger partial charge is 0.242 e. The van der Waals surface area contributed by atoms with Crippen molar-refractivity contribution in [3.63, 3.8) is 0 Å². The average molecular weight is 409 g/mol. The molecule has 1 aromatic carbocycles. The Kier molecular flexibility index (Phi) is 5.87. The van der Waals surface area contributed by atoms with E-state index in [0.717, 1.165) is 36.0 Å². The van der Waals surface area contributed by atoms with E-state index < -0.39 is 10.0 Å². The predicted molar refractivity (Wildman–Crippen MR) is 106 cm³/mol. The zero-order valence-electron chi connectivity index (χ0n) is 16.0. The van der Waals surface area contributed by atoms with Gasteiger partial charge in [-0.05, 0) is 31.5 Å². The maximum absolute atomic E-state index is 12.4. The van der Waals surface area contributed by atoms with E-state index in [1.165, 1.54) is 18.4 Å². The zero-order chi connectivity index (χ0) is 19.6. The van der Waals surface area contributed by atoms with Crippen molar-refractivity contribution < 1.29 is 8.42 Å². The first-order valence-corrected chi connectivity index (χ1v) is 11.2. The summed E-state index contributed by atoms with van der Waals surface area (Å²) in [4.78, 5) is 4.98. The molecule has 0 aliphatic rings. The van der Waals surface area contributed by atoms with Crippen LogP contribution in [0.25, 0.3) is 11.0 Å². The molecule has 146 valence electrons. The van der Waals surface area contributed by atoms with Crippen LogP contribution < -0.4 is 0 Å². The fourth-order valence-electron chi connectivity index (χ4n) is 2.82. The third-order valence-electron chi connectivity index (χ3n) is 4.28. The molecule has 0 aliphatic carbocycles. The lowest BCUT2D eigenvalue weighted by Crippen LogP contribution is -2.22. The summed E-state index contributed by atoms with van der Waals surface area (Å²) in [5.74, 6) is 1.55. The summed E-state index contributed by atoms with van der Waals surface area (Å²) >= 11 is 1.58. The van der Waals surface area contributed by atoms with Crippen LogP contribution in [0, 0.1) is 0 Å². The topological polar surface area (TPSA) is 85.9 Å². The zero-order valence-corrected chi connectivity index (χ0v) is 17.6. The number of hydrogen-bond donors (Lipinski definition) is 0. The van der Waals surface area contributed by atoms with Crippen LogP contribution in [0.2, 0.25) is 0 Å². The Morgan fingerprint density at radius 3 is 2.67 bits per heavy atom. The fourth-order valence-corrected chi connectivity index (χ4v) is 4.66. The minimum Gasteiger partial charge on any atom is -0.327 e. The molecule has 0 saturated heterocycles. The van der Waals surface area contributed by atoms with E-state index in [2.05, 4.69) is 21.7 Å². The van der Waals surface area contributed by atoms with Crippen LogP contribution in [0.5, 0.6) is 0 Å². The highest BCUT2D eigenvalue weighted by Crippen LogP contribution is 2.26. The number of aromatic nitrogens is 5. The van der Waals surface area contributed by atoms with Gasteiger partial charge in [-0.15, -0.1) is 10.2 Å². The second-order valence-electron chi connectivity index (χ2n) is 6.31. The van der Waals surface area contributed by atoms with Crippen LogP contribution in [-0.4, -0.2) is 51.1 Å². The van der Waals surface area contributed by atoms with Crippen LogP contribution in [-0.2, 0) is 28.9 Å². The minimum atomic E-state index is -3.48. The lowest BCUT2D eigenvalue weighted by Gasteiger charge is -2.11. The van der Waals surface area contributed by atoms with Crippen molar-refractivity contribution in [1.82, 2.24) is 28.6 Å². The molecule has 10 heteroatoms. The molecular formula is C17H24N6O2S2. The molecule has 0 fully saturated rings. The normalized spacial score (nSPS) is 12.3. The highest BCUT2D eigenvalue weighted by Gasteiger charge is 2.20. The Morgan fingerprint density at radius 2 is 2.00 bits per heavy atom. The molecule has 0 saturated carbocycles. The van der Waals surface area contributed by atoms with E-state index in [4.69, 9.17) is 4.98 Å². The standard InChI is InChI=1S/C17H24N6O2S2/c1-5-9-23-15-8-7-13(27(24,25)21(3)4)10-14(15)19-16(23)11-26-17-20-18-12-22(17)6-2/h7-8,10,12H,5-6,9,11H2,1-4H3. The van der Waals surface area contributed by atoms with Crippen LogP contribution in [0.15, 0.2) is 34.6 Å². The first-order valence-electron chi connectivity index (χ1n) is 8.80. The van der Waals surface area contributed by atoms with Gasteiger partial charge in [0.15, 0.2) is 5.16 Å². The second kappa shape index (κ2) is 7.99. The van der Waals surface area contributed by atoms with Gasteiger partial charge in [0, 0.05) is 27.2 Å². The highest BCUT2D eigenvalue weighted by molar-refractivity contribution is 7.98. The summed E-state index contributed by atoms with van der Waals surface area (Å²) in [6, 6.07) is 5.15. The average Bonchev–Trinajstić information content (AvgIpc) is 3.23. The summed E-state index contributed by atoms with van der Waals surface area (Å²) in [6.07, 6.45) is 2.68. The maximum Gasteiger partial charge on any atom is 0.242 e. The molecule has 3 rings (SSSR count). The van der Waals surface area contributed by atoms with Gasteiger partial charge in [0.1, 0.15) is 12.2 Å². The van der Waals surface area contributed by atoms with Crippen molar-refractivity contribution in [2.24, 2.45) is 0 Å². The maximum atomic E-state index is 12.4. The van der Waals surface area contributed by atoms with Gasteiger partial charge in [-0.3, -0.25) is 0 Å². The van der Waals surface area contributed by atoms with Crippen molar-refractivity contribution >= 4 is 32.8 Å². The lowest BCUT2D eigenvalue weighted by molar-refractivity contribution is 0.521. The molecule has 0 aliphatic heterocycles. The Balaban J connectivity index is 1.98. The summed E-state index contributed by atoms with van der Waals surface area (Å²) in [5.41, 5.74) is 1.64. The summed E-state index contributed by atoms with van der Waals surface area (Å²) in [6.45, 7) is 5.80. The molecule has 3 aromatic rings. The highest BCUT2D eigenvalue weighted by atomic mass is 32.2. The number of hydrogen-bond acceptors (Lipinski definition) is 6. The molecular weight excluding hydrogens is 384 g/mol. The molecule has 0 spiro atoms. The predicted octanol–water partition coefficient (Wildman–Crippen LogP) is 2.60.